The van der Waals surface area contributed by atoms with Crippen LogP contribution in [0.15, 0.2) is 38.3 Å². The molecule has 0 aliphatic carbocycles. The number of phenols is 1. The summed E-state index contributed by atoms with van der Waals surface area (Å²) in [7, 11) is -3.68. The van der Waals surface area contributed by atoms with E-state index in [1.807, 2.05) is 0 Å². The second kappa shape index (κ2) is 4.79. The van der Waals surface area contributed by atoms with Gasteiger partial charge in [-0.3, -0.25) is 4.72 Å². The molecule has 1 aromatic carbocycles. The maximum Gasteiger partial charge on any atom is 0.272 e. The number of hydrogen-bond donors (Lipinski definition) is 3. The summed E-state index contributed by atoms with van der Waals surface area (Å²) in [5.74, 6) is -0.0206. The SMILES string of the molecule is Nc1cc(O)ccc1NS(=O)(=O)c1sccc1Br. The van der Waals surface area contributed by atoms with Gasteiger partial charge in [0, 0.05) is 10.5 Å². The molecule has 8 heteroatoms. The lowest BCUT2D eigenvalue weighted by Gasteiger charge is -2.09. The Morgan fingerprint density at radius 2 is 2.06 bits per heavy atom. The van der Waals surface area contributed by atoms with E-state index in [1.54, 1.807) is 11.4 Å². The molecule has 0 amide bonds. The van der Waals surface area contributed by atoms with Gasteiger partial charge in [-0.2, -0.15) is 0 Å². The maximum atomic E-state index is 12.1. The molecule has 18 heavy (non-hydrogen) atoms. The van der Waals surface area contributed by atoms with Crippen LogP contribution in [0.2, 0.25) is 0 Å². The van der Waals surface area contributed by atoms with Crippen molar-refractivity contribution in [2.45, 2.75) is 4.21 Å². The number of halogens is 1. The third kappa shape index (κ3) is 2.60. The summed E-state index contributed by atoms with van der Waals surface area (Å²) in [5, 5.41) is 10.9. The van der Waals surface area contributed by atoms with Crippen molar-refractivity contribution in [1.82, 2.24) is 0 Å². The highest BCUT2D eigenvalue weighted by molar-refractivity contribution is 9.10. The first kappa shape index (κ1) is 13.2. The predicted molar refractivity (Wildman–Crippen MR) is 75.3 cm³/mol. The zero-order chi connectivity index (χ0) is 13.3. The smallest absolute Gasteiger partial charge is 0.272 e. The topological polar surface area (TPSA) is 92.4 Å². The van der Waals surface area contributed by atoms with Crippen LogP contribution < -0.4 is 10.5 Å². The summed E-state index contributed by atoms with van der Waals surface area (Å²) in [6.45, 7) is 0. The quantitative estimate of drug-likeness (QED) is 0.587. The van der Waals surface area contributed by atoms with Crippen LogP contribution in [-0.2, 0) is 10.0 Å². The number of phenolic OH excluding ortho intramolecular Hbond substituents is 1. The van der Waals surface area contributed by atoms with Crippen LogP contribution in [0.25, 0.3) is 0 Å². The summed E-state index contributed by atoms with van der Waals surface area (Å²) in [4.78, 5) is 0. The summed E-state index contributed by atoms with van der Waals surface area (Å²) < 4.78 is 27.2. The summed E-state index contributed by atoms with van der Waals surface area (Å²) in [6, 6.07) is 5.70. The van der Waals surface area contributed by atoms with Crippen LogP contribution in [-0.4, -0.2) is 13.5 Å². The summed E-state index contributed by atoms with van der Waals surface area (Å²) in [5.41, 5.74) is 6.01. The minimum atomic E-state index is -3.68. The van der Waals surface area contributed by atoms with Crippen LogP contribution in [0.3, 0.4) is 0 Å². The third-order valence-electron chi connectivity index (χ3n) is 2.11. The number of benzene rings is 1. The molecule has 0 aliphatic heterocycles. The molecule has 0 bridgehead atoms. The van der Waals surface area contributed by atoms with Gasteiger partial charge in [0.2, 0.25) is 0 Å². The van der Waals surface area contributed by atoms with Crippen molar-refractivity contribution in [3.8, 4) is 5.75 Å². The molecule has 0 spiro atoms. The molecule has 0 aliphatic rings. The fourth-order valence-corrected chi connectivity index (χ4v) is 4.73. The van der Waals surface area contributed by atoms with E-state index in [0.29, 0.717) is 4.47 Å². The zero-order valence-corrected chi connectivity index (χ0v) is 12.1. The number of rotatable bonds is 3. The Morgan fingerprint density at radius 3 is 2.61 bits per heavy atom. The van der Waals surface area contributed by atoms with E-state index in [0.717, 1.165) is 11.3 Å². The van der Waals surface area contributed by atoms with Crippen molar-refractivity contribution in [3.63, 3.8) is 0 Å². The van der Waals surface area contributed by atoms with E-state index in [2.05, 4.69) is 20.7 Å². The van der Waals surface area contributed by atoms with Crippen LogP contribution in [0, 0.1) is 0 Å². The second-order valence-corrected chi connectivity index (χ2v) is 7.08. The standard InChI is InChI=1S/C10H9BrN2O3S2/c11-7-3-4-17-10(7)18(15,16)13-9-2-1-6(14)5-8(9)12/h1-5,13-14H,12H2. The van der Waals surface area contributed by atoms with Crippen molar-refractivity contribution in [2.24, 2.45) is 0 Å². The Labute approximate surface area is 116 Å². The number of nitrogen functional groups attached to an aromatic ring is 1. The first-order chi connectivity index (χ1) is 8.40. The molecule has 2 aromatic rings. The van der Waals surface area contributed by atoms with Crippen molar-refractivity contribution in [3.05, 3.63) is 34.1 Å². The molecule has 0 atom stereocenters. The molecule has 1 aromatic heterocycles. The minimum absolute atomic E-state index is 0.0206. The fraction of sp³-hybridized carbons (Fsp3) is 0. The molecule has 5 nitrogen and oxygen atoms in total. The van der Waals surface area contributed by atoms with Gasteiger partial charge < -0.3 is 10.8 Å². The van der Waals surface area contributed by atoms with E-state index in [9.17, 15) is 13.5 Å². The average molecular weight is 349 g/mol. The number of nitrogens with two attached hydrogens (primary N) is 1. The Hall–Kier alpha value is -1.25. The molecule has 4 N–H and O–H groups in total. The van der Waals surface area contributed by atoms with E-state index in [-0.39, 0.29) is 21.3 Å². The Balaban J connectivity index is 2.37. The fourth-order valence-electron chi connectivity index (χ4n) is 1.31. The maximum absolute atomic E-state index is 12.1. The normalized spacial score (nSPS) is 11.4. The first-order valence-electron chi connectivity index (χ1n) is 4.74. The van der Waals surface area contributed by atoms with Crippen LogP contribution >= 0.6 is 27.3 Å². The lowest BCUT2D eigenvalue weighted by atomic mass is 10.2. The molecular weight excluding hydrogens is 340 g/mol. The van der Waals surface area contributed by atoms with Gasteiger partial charge in [0.15, 0.2) is 4.21 Å². The van der Waals surface area contributed by atoms with Crippen molar-refractivity contribution >= 4 is 48.7 Å². The Morgan fingerprint density at radius 1 is 1.33 bits per heavy atom. The lowest BCUT2D eigenvalue weighted by molar-refractivity contribution is 0.475. The average Bonchev–Trinajstić information content (AvgIpc) is 2.69. The predicted octanol–water partition coefficient (Wildman–Crippen LogP) is 2.60. The van der Waals surface area contributed by atoms with Gasteiger partial charge in [0.25, 0.3) is 10.0 Å². The van der Waals surface area contributed by atoms with Gasteiger partial charge in [-0.1, -0.05) is 0 Å². The minimum Gasteiger partial charge on any atom is -0.508 e. The number of thiophene rings is 1. The van der Waals surface area contributed by atoms with Gasteiger partial charge in [-0.15, -0.1) is 11.3 Å². The molecule has 0 saturated carbocycles. The van der Waals surface area contributed by atoms with Crippen LogP contribution in [0.1, 0.15) is 0 Å². The largest absolute Gasteiger partial charge is 0.508 e. The third-order valence-corrected chi connectivity index (χ3v) is 6.14. The van der Waals surface area contributed by atoms with Crippen molar-refractivity contribution in [2.75, 3.05) is 10.5 Å². The monoisotopic (exact) mass is 348 g/mol. The van der Waals surface area contributed by atoms with Gasteiger partial charge >= 0.3 is 0 Å². The first-order valence-corrected chi connectivity index (χ1v) is 7.90. The molecule has 0 saturated heterocycles. The molecule has 0 unspecified atom stereocenters. The van der Waals surface area contributed by atoms with Gasteiger partial charge in [0.1, 0.15) is 5.75 Å². The molecule has 2 rings (SSSR count). The number of aromatic hydroxyl groups is 1. The molecule has 96 valence electrons. The van der Waals surface area contributed by atoms with Gasteiger partial charge in [0.05, 0.1) is 11.4 Å². The van der Waals surface area contributed by atoms with Gasteiger partial charge in [-0.25, -0.2) is 8.42 Å². The van der Waals surface area contributed by atoms with Crippen molar-refractivity contribution in [1.29, 1.82) is 0 Å². The molecule has 0 fully saturated rings. The van der Waals surface area contributed by atoms with Crippen LogP contribution in [0.5, 0.6) is 5.75 Å². The van der Waals surface area contributed by atoms with E-state index < -0.39 is 10.0 Å². The van der Waals surface area contributed by atoms with E-state index in [1.165, 1.54) is 18.2 Å². The van der Waals surface area contributed by atoms with Gasteiger partial charge in [-0.05, 0) is 39.5 Å². The summed E-state index contributed by atoms with van der Waals surface area (Å²) in [6.07, 6.45) is 0. The highest BCUT2D eigenvalue weighted by atomic mass is 79.9. The molecular formula is C10H9BrN2O3S2. The van der Waals surface area contributed by atoms with E-state index in [4.69, 9.17) is 5.73 Å². The lowest BCUT2D eigenvalue weighted by Crippen LogP contribution is -2.13. The highest BCUT2D eigenvalue weighted by Crippen LogP contribution is 2.31. The van der Waals surface area contributed by atoms with E-state index >= 15 is 0 Å². The van der Waals surface area contributed by atoms with Crippen LogP contribution in [0.4, 0.5) is 11.4 Å². The number of nitrogens with one attached hydrogen (secondary N) is 1. The number of hydrogen-bond acceptors (Lipinski definition) is 5. The highest BCUT2D eigenvalue weighted by Gasteiger charge is 2.20. The Kier molecular flexibility index (Phi) is 3.51. The Bertz CT molecular complexity index is 682. The zero-order valence-electron chi connectivity index (χ0n) is 8.92. The van der Waals surface area contributed by atoms with Crippen molar-refractivity contribution < 1.29 is 13.5 Å². The number of sulfonamides is 1. The number of anilines is 2. The molecule has 1 heterocycles. The summed E-state index contributed by atoms with van der Waals surface area (Å²) >= 11 is 4.26. The second-order valence-electron chi connectivity index (χ2n) is 3.43. The molecule has 0 radical (unpaired) electrons.